The summed E-state index contributed by atoms with van der Waals surface area (Å²) in [6, 6.07) is 12.4. The standard InChI is InChI=1S/C24H25NO3/c1-27-18-9-11-19-17(12-18)14-25-21-13-16(24(26)28-2)8-10-20(21)22(23(19)25)15-6-4-3-5-7-15/h8-13,15H,3-7,14H2,1-2H3. The molecule has 0 spiro atoms. The van der Waals surface area contributed by atoms with E-state index in [9.17, 15) is 4.79 Å². The SMILES string of the molecule is COC(=O)c1ccc2c(C3CCCCC3)c3n(c2c1)Cc1cc(OC)ccc1-3. The normalized spacial score (nSPS) is 16.1. The fraction of sp³-hybridized carbons (Fsp3) is 0.375. The highest BCUT2D eigenvalue weighted by molar-refractivity contribution is 5.99. The minimum Gasteiger partial charge on any atom is -0.497 e. The Hall–Kier alpha value is -2.75. The number of ether oxygens (including phenoxy) is 2. The molecule has 0 N–H and O–H groups in total. The first-order chi connectivity index (χ1) is 13.7. The molecule has 2 aromatic carbocycles. The number of fused-ring (bicyclic) bond motifs is 5. The van der Waals surface area contributed by atoms with E-state index in [2.05, 4.69) is 28.8 Å². The molecule has 0 bridgehead atoms. The topological polar surface area (TPSA) is 40.5 Å². The highest BCUT2D eigenvalue weighted by Crippen LogP contribution is 2.48. The summed E-state index contributed by atoms with van der Waals surface area (Å²) in [6.07, 6.45) is 6.43. The van der Waals surface area contributed by atoms with E-state index in [-0.39, 0.29) is 5.97 Å². The van der Waals surface area contributed by atoms with Crippen LogP contribution >= 0.6 is 0 Å². The maximum Gasteiger partial charge on any atom is 0.337 e. The van der Waals surface area contributed by atoms with Crippen molar-refractivity contribution >= 4 is 16.9 Å². The largest absolute Gasteiger partial charge is 0.497 e. The van der Waals surface area contributed by atoms with E-state index in [1.165, 1.54) is 67.0 Å². The molecule has 1 fully saturated rings. The summed E-state index contributed by atoms with van der Waals surface area (Å²) in [5.41, 5.74) is 7.14. The van der Waals surface area contributed by atoms with Crippen LogP contribution in [-0.2, 0) is 11.3 Å². The number of hydrogen-bond acceptors (Lipinski definition) is 3. The van der Waals surface area contributed by atoms with Gasteiger partial charge in [-0.25, -0.2) is 4.79 Å². The second-order valence-corrected chi connectivity index (χ2v) is 7.93. The van der Waals surface area contributed by atoms with E-state index < -0.39 is 0 Å². The van der Waals surface area contributed by atoms with Crippen molar-refractivity contribution in [1.82, 2.24) is 4.57 Å². The van der Waals surface area contributed by atoms with E-state index >= 15 is 0 Å². The van der Waals surface area contributed by atoms with Crippen LogP contribution < -0.4 is 4.74 Å². The van der Waals surface area contributed by atoms with Gasteiger partial charge in [-0.05, 0) is 60.2 Å². The maximum atomic E-state index is 12.1. The van der Waals surface area contributed by atoms with Crippen LogP contribution in [0.15, 0.2) is 36.4 Å². The van der Waals surface area contributed by atoms with Crippen molar-refractivity contribution in [2.75, 3.05) is 14.2 Å². The van der Waals surface area contributed by atoms with Crippen molar-refractivity contribution in [2.45, 2.75) is 44.6 Å². The molecule has 0 saturated heterocycles. The third kappa shape index (κ3) is 2.55. The van der Waals surface area contributed by atoms with Crippen LogP contribution in [0.3, 0.4) is 0 Å². The van der Waals surface area contributed by atoms with Crippen molar-refractivity contribution < 1.29 is 14.3 Å². The molecular weight excluding hydrogens is 350 g/mol. The Labute approximate surface area is 165 Å². The quantitative estimate of drug-likeness (QED) is 0.443. The molecule has 1 aliphatic carbocycles. The molecule has 2 aliphatic rings. The third-order valence-corrected chi connectivity index (χ3v) is 6.43. The predicted octanol–water partition coefficient (Wildman–Crippen LogP) is 5.51. The summed E-state index contributed by atoms with van der Waals surface area (Å²) >= 11 is 0. The van der Waals surface area contributed by atoms with Gasteiger partial charge in [0, 0.05) is 23.0 Å². The van der Waals surface area contributed by atoms with Crippen LogP contribution in [0.5, 0.6) is 5.75 Å². The first kappa shape index (κ1) is 17.4. The van der Waals surface area contributed by atoms with Gasteiger partial charge in [-0.3, -0.25) is 0 Å². The Morgan fingerprint density at radius 3 is 2.61 bits per heavy atom. The van der Waals surface area contributed by atoms with E-state index in [0.29, 0.717) is 11.5 Å². The zero-order valence-electron chi connectivity index (χ0n) is 16.5. The van der Waals surface area contributed by atoms with Crippen LogP contribution in [0, 0.1) is 0 Å². The van der Waals surface area contributed by atoms with E-state index in [4.69, 9.17) is 9.47 Å². The first-order valence-corrected chi connectivity index (χ1v) is 10.1. The van der Waals surface area contributed by atoms with Crippen LogP contribution in [0.1, 0.15) is 59.5 Å². The Morgan fingerprint density at radius 2 is 1.86 bits per heavy atom. The molecule has 28 heavy (non-hydrogen) atoms. The van der Waals surface area contributed by atoms with Crippen molar-refractivity contribution in [1.29, 1.82) is 0 Å². The summed E-state index contributed by atoms with van der Waals surface area (Å²) in [5, 5.41) is 1.29. The van der Waals surface area contributed by atoms with Gasteiger partial charge in [-0.1, -0.05) is 25.3 Å². The Balaban J connectivity index is 1.75. The first-order valence-electron chi connectivity index (χ1n) is 10.1. The smallest absolute Gasteiger partial charge is 0.337 e. The number of rotatable bonds is 3. The van der Waals surface area contributed by atoms with Gasteiger partial charge in [0.15, 0.2) is 0 Å². The molecule has 0 unspecified atom stereocenters. The van der Waals surface area contributed by atoms with Crippen LogP contribution in [-0.4, -0.2) is 24.8 Å². The lowest BCUT2D eigenvalue weighted by Gasteiger charge is -2.23. The third-order valence-electron chi connectivity index (χ3n) is 6.43. The molecule has 144 valence electrons. The number of methoxy groups -OCH3 is 2. The molecule has 4 nitrogen and oxygen atoms in total. The molecule has 1 aromatic heterocycles. The number of aromatic nitrogens is 1. The number of nitrogens with zero attached hydrogens (tertiary/aromatic N) is 1. The molecule has 0 amide bonds. The lowest BCUT2D eigenvalue weighted by Crippen LogP contribution is -2.05. The lowest BCUT2D eigenvalue weighted by molar-refractivity contribution is 0.0601. The van der Waals surface area contributed by atoms with Crippen molar-refractivity contribution in [3.8, 4) is 17.0 Å². The predicted molar refractivity (Wildman–Crippen MR) is 110 cm³/mol. The monoisotopic (exact) mass is 375 g/mol. The summed E-state index contributed by atoms with van der Waals surface area (Å²) in [4.78, 5) is 12.1. The summed E-state index contributed by atoms with van der Waals surface area (Å²) in [7, 11) is 3.15. The number of carbonyl (C=O) groups is 1. The number of esters is 1. The van der Waals surface area contributed by atoms with Gasteiger partial charge < -0.3 is 14.0 Å². The summed E-state index contributed by atoms with van der Waals surface area (Å²) in [6.45, 7) is 0.815. The molecule has 0 atom stereocenters. The Morgan fingerprint density at radius 1 is 1.04 bits per heavy atom. The molecule has 0 radical (unpaired) electrons. The van der Waals surface area contributed by atoms with Gasteiger partial charge in [0.1, 0.15) is 5.75 Å². The van der Waals surface area contributed by atoms with E-state index in [1.807, 2.05) is 12.1 Å². The molecule has 5 rings (SSSR count). The lowest BCUT2D eigenvalue weighted by atomic mass is 9.81. The Kier molecular flexibility index (Phi) is 4.15. The van der Waals surface area contributed by atoms with Gasteiger partial charge in [0.05, 0.1) is 25.5 Å². The molecule has 1 aliphatic heterocycles. The molecular formula is C24H25NO3. The minimum absolute atomic E-state index is 0.283. The zero-order valence-corrected chi connectivity index (χ0v) is 16.5. The van der Waals surface area contributed by atoms with Gasteiger partial charge in [0.2, 0.25) is 0 Å². The van der Waals surface area contributed by atoms with E-state index in [0.717, 1.165) is 17.8 Å². The number of hydrogen-bond donors (Lipinski definition) is 0. The molecule has 2 heterocycles. The molecule has 3 aromatic rings. The second kappa shape index (κ2) is 6.69. The minimum atomic E-state index is -0.283. The van der Waals surface area contributed by atoms with E-state index in [1.54, 1.807) is 7.11 Å². The van der Waals surface area contributed by atoms with Gasteiger partial charge >= 0.3 is 5.97 Å². The Bertz CT molecular complexity index is 1070. The fourth-order valence-electron chi connectivity index (χ4n) is 5.11. The molecule has 1 saturated carbocycles. The zero-order chi connectivity index (χ0) is 19.3. The average molecular weight is 375 g/mol. The van der Waals surface area contributed by atoms with Gasteiger partial charge in [-0.2, -0.15) is 0 Å². The number of carbonyl (C=O) groups excluding carboxylic acids is 1. The molecule has 4 heteroatoms. The van der Waals surface area contributed by atoms with Gasteiger partial charge in [-0.15, -0.1) is 0 Å². The van der Waals surface area contributed by atoms with Crippen molar-refractivity contribution in [2.24, 2.45) is 0 Å². The van der Waals surface area contributed by atoms with Crippen LogP contribution in [0.2, 0.25) is 0 Å². The maximum absolute atomic E-state index is 12.1. The van der Waals surface area contributed by atoms with Crippen LogP contribution in [0.4, 0.5) is 0 Å². The highest BCUT2D eigenvalue weighted by atomic mass is 16.5. The number of benzene rings is 2. The fourth-order valence-corrected chi connectivity index (χ4v) is 5.11. The highest BCUT2D eigenvalue weighted by Gasteiger charge is 2.31. The summed E-state index contributed by atoms with van der Waals surface area (Å²) < 4.78 is 12.8. The summed E-state index contributed by atoms with van der Waals surface area (Å²) in [5.74, 6) is 1.20. The average Bonchev–Trinajstić information content (AvgIpc) is 3.27. The van der Waals surface area contributed by atoms with Crippen molar-refractivity contribution in [3.63, 3.8) is 0 Å². The van der Waals surface area contributed by atoms with Crippen LogP contribution in [0.25, 0.3) is 22.2 Å². The van der Waals surface area contributed by atoms with Gasteiger partial charge in [0.25, 0.3) is 0 Å². The van der Waals surface area contributed by atoms with Crippen molar-refractivity contribution in [3.05, 3.63) is 53.1 Å². The second-order valence-electron chi connectivity index (χ2n) is 7.93.